The number of carboxylic acids is 1. The lowest BCUT2D eigenvalue weighted by atomic mass is 10.0. The third-order valence-corrected chi connectivity index (χ3v) is 5.53. The van der Waals surface area contributed by atoms with Crippen molar-refractivity contribution >= 4 is 28.1 Å². The molecule has 1 N–H and O–H groups in total. The van der Waals surface area contributed by atoms with Gasteiger partial charge in [-0.3, -0.25) is 9.69 Å². The molecule has 2 aliphatic rings. The van der Waals surface area contributed by atoms with Crippen molar-refractivity contribution < 1.29 is 14.7 Å². The molecule has 8 heteroatoms. The lowest BCUT2D eigenvalue weighted by Gasteiger charge is -2.33. The van der Waals surface area contributed by atoms with Crippen molar-refractivity contribution in [2.75, 3.05) is 37.6 Å². The Kier molecular flexibility index (Phi) is 4.85. The third kappa shape index (κ3) is 3.71. The van der Waals surface area contributed by atoms with Gasteiger partial charge in [0, 0.05) is 38.0 Å². The molecule has 7 nitrogen and oxygen atoms in total. The molecular weight excluding hydrogens is 352 g/mol. The number of rotatable bonds is 5. The van der Waals surface area contributed by atoms with Gasteiger partial charge in [0.25, 0.3) is 0 Å². The maximum atomic E-state index is 10.8. The molecule has 2 aliphatic heterocycles. The van der Waals surface area contributed by atoms with E-state index < -0.39 is 5.97 Å². The number of oxime groups is 1. The highest BCUT2D eigenvalue weighted by Gasteiger charge is 2.26. The first kappa shape index (κ1) is 17.0. The van der Waals surface area contributed by atoms with Crippen molar-refractivity contribution in [1.29, 1.82) is 0 Å². The van der Waals surface area contributed by atoms with E-state index in [0.29, 0.717) is 0 Å². The molecule has 0 bridgehead atoms. The summed E-state index contributed by atoms with van der Waals surface area (Å²) in [5.74, 6) is -0.776. The van der Waals surface area contributed by atoms with Crippen LogP contribution in [0.15, 0.2) is 40.9 Å². The van der Waals surface area contributed by atoms with Crippen LogP contribution >= 0.6 is 11.3 Å². The summed E-state index contributed by atoms with van der Waals surface area (Å²) in [5, 5.41) is 16.1. The summed E-state index contributed by atoms with van der Waals surface area (Å²) in [7, 11) is 0. The minimum atomic E-state index is -0.776. The molecule has 1 saturated heterocycles. The van der Waals surface area contributed by atoms with Gasteiger partial charge in [-0.2, -0.15) is 0 Å². The first-order valence-corrected chi connectivity index (χ1v) is 9.49. The van der Waals surface area contributed by atoms with E-state index in [4.69, 9.17) is 14.9 Å². The quantitative estimate of drug-likeness (QED) is 0.867. The van der Waals surface area contributed by atoms with E-state index in [0.717, 1.165) is 54.7 Å². The van der Waals surface area contributed by atoms with E-state index in [2.05, 4.69) is 10.1 Å². The number of hydrogen-bond donors (Lipinski definition) is 1. The summed E-state index contributed by atoms with van der Waals surface area (Å²) < 4.78 is 0. The predicted molar refractivity (Wildman–Crippen MR) is 99.8 cm³/mol. The Morgan fingerprint density at radius 3 is 2.73 bits per heavy atom. The van der Waals surface area contributed by atoms with Gasteiger partial charge in [-0.05, 0) is 5.56 Å². The topological polar surface area (TPSA) is 78.3 Å². The number of aliphatic carboxylic acids is 1. The number of hydrogen-bond acceptors (Lipinski definition) is 7. The lowest BCUT2D eigenvalue weighted by Crippen LogP contribution is -2.48. The number of thiazole rings is 1. The van der Waals surface area contributed by atoms with Gasteiger partial charge in [-0.25, -0.2) is 4.98 Å². The maximum absolute atomic E-state index is 10.8. The average molecular weight is 372 g/mol. The molecule has 4 rings (SSSR count). The highest BCUT2D eigenvalue weighted by molar-refractivity contribution is 7.14. The van der Waals surface area contributed by atoms with E-state index in [1.165, 1.54) is 0 Å². The van der Waals surface area contributed by atoms with Gasteiger partial charge < -0.3 is 14.8 Å². The SMILES string of the molecule is O=C(O)CN1CCN(c2nc(C3=NOC(c4ccccc4)C3)cs2)CC1. The Hall–Kier alpha value is -2.45. The zero-order chi connectivity index (χ0) is 17.9. The highest BCUT2D eigenvalue weighted by atomic mass is 32.1. The van der Waals surface area contributed by atoms with Gasteiger partial charge in [-0.15, -0.1) is 11.3 Å². The lowest BCUT2D eigenvalue weighted by molar-refractivity contribution is -0.138. The smallest absolute Gasteiger partial charge is 0.317 e. The van der Waals surface area contributed by atoms with Crippen molar-refractivity contribution in [1.82, 2.24) is 9.88 Å². The minimum absolute atomic E-state index is 0.0455. The molecule has 0 amide bonds. The van der Waals surface area contributed by atoms with E-state index in [1.807, 2.05) is 40.6 Å². The normalized spacial score (nSPS) is 20.7. The van der Waals surface area contributed by atoms with E-state index >= 15 is 0 Å². The molecule has 26 heavy (non-hydrogen) atoms. The molecule has 0 saturated carbocycles. The van der Waals surface area contributed by atoms with Gasteiger partial charge in [0.05, 0.1) is 6.54 Å². The second-order valence-electron chi connectivity index (χ2n) is 6.42. The van der Waals surface area contributed by atoms with Crippen LogP contribution in [0.5, 0.6) is 0 Å². The number of aromatic nitrogens is 1. The Labute approximate surface area is 155 Å². The van der Waals surface area contributed by atoms with Crippen LogP contribution in [0.1, 0.15) is 23.8 Å². The fourth-order valence-electron chi connectivity index (χ4n) is 3.21. The van der Waals surface area contributed by atoms with Crippen LogP contribution in [0.25, 0.3) is 0 Å². The van der Waals surface area contributed by atoms with Crippen molar-refractivity contribution in [2.24, 2.45) is 5.16 Å². The van der Waals surface area contributed by atoms with Crippen LogP contribution in [-0.4, -0.2) is 59.4 Å². The first-order valence-electron chi connectivity index (χ1n) is 8.61. The number of benzene rings is 1. The van der Waals surface area contributed by atoms with Crippen molar-refractivity contribution in [3.63, 3.8) is 0 Å². The number of carboxylic acid groups (broad SMARTS) is 1. The predicted octanol–water partition coefficient (Wildman–Crippen LogP) is 2.22. The van der Waals surface area contributed by atoms with Gasteiger partial charge in [0.15, 0.2) is 11.2 Å². The molecule has 1 fully saturated rings. The molecule has 1 aromatic heterocycles. The Balaban J connectivity index is 1.36. The van der Waals surface area contributed by atoms with Crippen LogP contribution in [0.3, 0.4) is 0 Å². The molecule has 2 aromatic rings. The van der Waals surface area contributed by atoms with Crippen LogP contribution in [0.4, 0.5) is 5.13 Å². The number of carbonyl (C=O) groups is 1. The third-order valence-electron chi connectivity index (χ3n) is 4.63. The van der Waals surface area contributed by atoms with Crippen LogP contribution in [0.2, 0.25) is 0 Å². The van der Waals surface area contributed by atoms with Crippen molar-refractivity contribution in [3.05, 3.63) is 47.0 Å². The van der Waals surface area contributed by atoms with Gasteiger partial charge in [0.1, 0.15) is 11.4 Å². The zero-order valence-corrected chi connectivity index (χ0v) is 15.1. The van der Waals surface area contributed by atoms with Gasteiger partial charge in [-0.1, -0.05) is 35.5 Å². The van der Waals surface area contributed by atoms with E-state index in [-0.39, 0.29) is 12.6 Å². The number of anilines is 1. The minimum Gasteiger partial charge on any atom is -0.480 e. The molecule has 1 atom stereocenters. The monoisotopic (exact) mass is 372 g/mol. The molecule has 1 unspecified atom stereocenters. The first-order chi connectivity index (χ1) is 12.7. The second kappa shape index (κ2) is 7.43. The molecule has 0 aliphatic carbocycles. The Morgan fingerprint density at radius 2 is 2.00 bits per heavy atom. The van der Waals surface area contributed by atoms with Gasteiger partial charge in [0.2, 0.25) is 0 Å². The highest BCUT2D eigenvalue weighted by Crippen LogP contribution is 2.31. The van der Waals surface area contributed by atoms with Crippen LogP contribution < -0.4 is 4.90 Å². The molecule has 3 heterocycles. The van der Waals surface area contributed by atoms with Crippen molar-refractivity contribution in [2.45, 2.75) is 12.5 Å². The van der Waals surface area contributed by atoms with E-state index in [1.54, 1.807) is 11.3 Å². The van der Waals surface area contributed by atoms with Crippen LogP contribution in [0, 0.1) is 0 Å². The average Bonchev–Trinajstić information content (AvgIpc) is 3.32. The fourth-order valence-corrected chi connectivity index (χ4v) is 4.09. The maximum Gasteiger partial charge on any atom is 0.317 e. The van der Waals surface area contributed by atoms with Crippen LogP contribution in [-0.2, 0) is 9.63 Å². The standard InChI is InChI=1S/C18H20N4O3S/c23-17(24)11-21-6-8-22(9-7-21)18-19-15(12-26-18)14-10-16(25-20-14)13-4-2-1-3-5-13/h1-5,12,16H,6-11H2,(H,23,24). The van der Waals surface area contributed by atoms with Gasteiger partial charge >= 0.3 is 5.97 Å². The molecular formula is C18H20N4O3S. The summed E-state index contributed by atoms with van der Waals surface area (Å²) >= 11 is 1.60. The summed E-state index contributed by atoms with van der Waals surface area (Å²) in [4.78, 5) is 25.3. The zero-order valence-electron chi connectivity index (χ0n) is 14.2. The molecule has 0 spiro atoms. The Morgan fingerprint density at radius 1 is 1.23 bits per heavy atom. The Bertz CT molecular complexity index is 800. The largest absolute Gasteiger partial charge is 0.480 e. The van der Waals surface area contributed by atoms with Crippen molar-refractivity contribution in [3.8, 4) is 0 Å². The molecule has 136 valence electrons. The molecule has 0 radical (unpaired) electrons. The summed E-state index contributed by atoms with van der Waals surface area (Å²) in [6, 6.07) is 10.1. The summed E-state index contributed by atoms with van der Waals surface area (Å²) in [5.41, 5.74) is 2.87. The second-order valence-corrected chi connectivity index (χ2v) is 7.26. The van der Waals surface area contributed by atoms with E-state index in [9.17, 15) is 4.79 Å². The molecule has 1 aromatic carbocycles. The summed E-state index contributed by atoms with van der Waals surface area (Å²) in [6.45, 7) is 3.15. The summed E-state index contributed by atoms with van der Waals surface area (Å²) in [6.07, 6.45) is 0.676. The fraction of sp³-hybridized carbons (Fsp3) is 0.389. The number of nitrogens with zero attached hydrogens (tertiary/aromatic N) is 4. The number of piperazine rings is 1.